The molecule has 23 heavy (non-hydrogen) atoms. The van der Waals surface area contributed by atoms with E-state index in [1.165, 1.54) is 32.0 Å². The van der Waals surface area contributed by atoms with Crippen molar-refractivity contribution >= 4 is 41.0 Å². The molecule has 0 saturated carbocycles. The smallest absolute Gasteiger partial charge is 0.339 e. The second-order valence-electron chi connectivity index (χ2n) is 4.42. The number of hydrogen-bond acceptors (Lipinski definition) is 6. The minimum atomic E-state index is -0.562. The van der Waals surface area contributed by atoms with Gasteiger partial charge in [0, 0.05) is 9.79 Å². The quantitative estimate of drug-likeness (QED) is 0.669. The molecule has 120 valence electrons. The van der Waals surface area contributed by atoms with Gasteiger partial charge >= 0.3 is 11.9 Å². The molecule has 0 atom stereocenters. The van der Waals surface area contributed by atoms with E-state index in [0.717, 1.165) is 0 Å². The number of hydrogen-bond donors (Lipinski definition) is 1. The second-order valence-corrected chi connectivity index (χ2v) is 5.88. The molecular weight excluding hydrogens is 338 g/mol. The lowest BCUT2D eigenvalue weighted by atomic mass is 10.2. The average Bonchev–Trinajstić information content (AvgIpc) is 2.58. The summed E-state index contributed by atoms with van der Waals surface area (Å²) in [5.41, 5.74) is 6.87. The lowest BCUT2D eigenvalue weighted by Crippen LogP contribution is -2.05. The second kappa shape index (κ2) is 7.39. The first kappa shape index (κ1) is 17.2. The van der Waals surface area contributed by atoms with Crippen molar-refractivity contribution in [1.29, 1.82) is 0 Å². The summed E-state index contributed by atoms with van der Waals surface area (Å²) in [5, 5.41) is 0.123. The summed E-state index contributed by atoms with van der Waals surface area (Å²) >= 11 is 7.40. The van der Waals surface area contributed by atoms with Gasteiger partial charge in [0.2, 0.25) is 0 Å². The number of nitrogens with two attached hydrogens (primary N) is 1. The molecule has 0 heterocycles. The van der Waals surface area contributed by atoms with Gasteiger partial charge in [0.25, 0.3) is 0 Å². The Morgan fingerprint density at radius 3 is 2.22 bits per heavy atom. The summed E-state index contributed by atoms with van der Waals surface area (Å²) < 4.78 is 9.41. The summed E-state index contributed by atoms with van der Waals surface area (Å²) in [6.45, 7) is 0. The summed E-state index contributed by atoms with van der Waals surface area (Å²) in [7, 11) is 2.59. The van der Waals surface area contributed by atoms with E-state index in [1.807, 2.05) is 0 Å². The van der Waals surface area contributed by atoms with Crippen molar-refractivity contribution in [2.75, 3.05) is 20.0 Å². The molecule has 0 aliphatic carbocycles. The van der Waals surface area contributed by atoms with Crippen LogP contribution in [0.25, 0.3) is 0 Å². The fraction of sp³-hybridized carbons (Fsp3) is 0.125. The third kappa shape index (κ3) is 3.60. The van der Waals surface area contributed by atoms with Crippen molar-refractivity contribution in [3.8, 4) is 0 Å². The summed E-state index contributed by atoms with van der Waals surface area (Å²) in [6.07, 6.45) is 0. The third-order valence-electron chi connectivity index (χ3n) is 3.06. The molecule has 0 unspecified atom stereocenters. The summed E-state index contributed by atoms with van der Waals surface area (Å²) in [4.78, 5) is 24.7. The van der Waals surface area contributed by atoms with Crippen LogP contribution in [-0.4, -0.2) is 26.2 Å². The van der Waals surface area contributed by atoms with Gasteiger partial charge < -0.3 is 15.2 Å². The molecular formula is C16H14ClNO4S. The molecule has 0 bridgehead atoms. The number of halogens is 1. The predicted octanol–water partition coefficient (Wildman–Crippen LogP) is 3.65. The molecule has 0 fully saturated rings. The Morgan fingerprint density at radius 2 is 1.57 bits per heavy atom. The topological polar surface area (TPSA) is 78.6 Å². The van der Waals surface area contributed by atoms with Crippen LogP contribution in [0.4, 0.5) is 5.69 Å². The van der Waals surface area contributed by atoms with Gasteiger partial charge in [-0.25, -0.2) is 9.59 Å². The minimum absolute atomic E-state index is 0.123. The van der Waals surface area contributed by atoms with Crippen molar-refractivity contribution in [2.24, 2.45) is 0 Å². The van der Waals surface area contributed by atoms with Crippen LogP contribution in [0.15, 0.2) is 46.2 Å². The number of esters is 2. The molecule has 0 saturated heterocycles. The number of nitrogen functional groups attached to an aromatic ring is 1. The van der Waals surface area contributed by atoms with E-state index in [-0.39, 0.29) is 16.3 Å². The lowest BCUT2D eigenvalue weighted by Gasteiger charge is -2.12. The molecule has 5 nitrogen and oxygen atoms in total. The average molecular weight is 352 g/mol. The number of benzene rings is 2. The maximum Gasteiger partial charge on any atom is 0.339 e. The highest BCUT2D eigenvalue weighted by Crippen LogP contribution is 2.39. The fourth-order valence-electron chi connectivity index (χ4n) is 1.88. The summed E-state index contributed by atoms with van der Waals surface area (Å²) in [5.74, 6) is -1.00. The van der Waals surface area contributed by atoms with Gasteiger partial charge in [0.05, 0.1) is 36.1 Å². The normalized spacial score (nSPS) is 10.2. The van der Waals surface area contributed by atoms with Crippen LogP contribution in [0.5, 0.6) is 0 Å². The van der Waals surface area contributed by atoms with E-state index < -0.39 is 11.9 Å². The molecule has 0 aliphatic heterocycles. The SMILES string of the molecule is COC(=O)c1ccccc1Sc1ccc(C(=O)OC)c(Cl)c1N. The van der Waals surface area contributed by atoms with Crippen LogP contribution >= 0.6 is 23.4 Å². The van der Waals surface area contributed by atoms with Crippen LogP contribution in [-0.2, 0) is 9.47 Å². The number of ether oxygens (including phenoxy) is 2. The molecule has 0 spiro atoms. The Kier molecular flexibility index (Phi) is 5.52. The zero-order valence-corrected chi connectivity index (χ0v) is 14.0. The van der Waals surface area contributed by atoms with E-state index in [9.17, 15) is 9.59 Å². The van der Waals surface area contributed by atoms with Crippen molar-refractivity contribution in [1.82, 2.24) is 0 Å². The molecule has 0 amide bonds. The lowest BCUT2D eigenvalue weighted by molar-refractivity contribution is 0.0590. The number of carbonyl (C=O) groups is 2. The maximum atomic E-state index is 11.8. The highest BCUT2D eigenvalue weighted by molar-refractivity contribution is 7.99. The predicted molar refractivity (Wildman–Crippen MR) is 89.1 cm³/mol. The zero-order chi connectivity index (χ0) is 17.0. The highest BCUT2D eigenvalue weighted by Gasteiger charge is 2.18. The van der Waals surface area contributed by atoms with Crippen LogP contribution in [0.3, 0.4) is 0 Å². The first-order valence-electron chi connectivity index (χ1n) is 6.51. The first-order chi connectivity index (χ1) is 11.0. The van der Waals surface area contributed by atoms with Gasteiger partial charge in [0.15, 0.2) is 0 Å². The minimum Gasteiger partial charge on any atom is -0.465 e. The Hall–Kier alpha value is -2.18. The van der Waals surface area contributed by atoms with Crippen LogP contribution < -0.4 is 5.73 Å². The largest absolute Gasteiger partial charge is 0.465 e. The number of rotatable bonds is 4. The molecule has 0 aliphatic rings. The van der Waals surface area contributed by atoms with Gasteiger partial charge in [-0.05, 0) is 24.3 Å². The van der Waals surface area contributed by atoms with Gasteiger partial charge in [0.1, 0.15) is 0 Å². The van der Waals surface area contributed by atoms with Crippen molar-refractivity contribution in [3.05, 3.63) is 52.5 Å². The van der Waals surface area contributed by atoms with Crippen molar-refractivity contribution in [3.63, 3.8) is 0 Å². The monoisotopic (exact) mass is 351 g/mol. The van der Waals surface area contributed by atoms with E-state index in [1.54, 1.807) is 30.3 Å². The van der Waals surface area contributed by atoms with Crippen LogP contribution in [0.1, 0.15) is 20.7 Å². The van der Waals surface area contributed by atoms with Gasteiger partial charge in [-0.1, -0.05) is 35.5 Å². The zero-order valence-electron chi connectivity index (χ0n) is 12.5. The Balaban J connectivity index is 2.41. The first-order valence-corrected chi connectivity index (χ1v) is 7.70. The molecule has 2 aromatic carbocycles. The van der Waals surface area contributed by atoms with Gasteiger partial charge in [-0.3, -0.25) is 0 Å². The van der Waals surface area contributed by atoms with Gasteiger partial charge in [-0.2, -0.15) is 0 Å². The fourth-order valence-corrected chi connectivity index (χ4v) is 3.18. The molecule has 2 rings (SSSR count). The van der Waals surface area contributed by atoms with Gasteiger partial charge in [-0.15, -0.1) is 0 Å². The Labute approximate surface area is 142 Å². The number of anilines is 1. The van der Waals surface area contributed by atoms with Crippen LogP contribution in [0.2, 0.25) is 5.02 Å². The number of methoxy groups -OCH3 is 2. The summed E-state index contributed by atoms with van der Waals surface area (Å²) in [6, 6.07) is 10.2. The number of carbonyl (C=O) groups excluding carboxylic acids is 2. The van der Waals surface area contributed by atoms with Crippen LogP contribution in [0, 0.1) is 0 Å². The van der Waals surface area contributed by atoms with Crippen molar-refractivity contribution in [2.45, 2.75) is 9.79 Å². The maximum absolute atomic E-state index is 11.8. The van der Waals surface area contributed by atoms with Crippen molar-refractivity contribution < 1.29 is 19.1 Å². The third-order valence-corrected chi connectivity index (χ3v) is 4.62. The standard InChI is InChI=1S/C16H14ClNO4S/c1-21-15(19)9-5-3-4-6-11(9)23-12-8-7-10(16(20)22-2)13(17)14(12)18/h3-8H,18H2,1-2H3. The van der Waals surface area contributed by atoms with E-state index in [4.69, 9.17) is 22.1 Å². The molecule has 2 aromatic rings. The Bertz CT molecular complexity index is 764. The highest BCUT2D eigenvalue weighted by atomic mass is 35.5. The molecule has 0 radical (unpaired) electrons. The molecule has 0 aromatic heterocycles. The van der Waals surface area contributed by atoms with E-state index in [0.29, 0.717) is 15.4 Å². The van der Waals surface area contributed by atoms with E-state index >= 15 is 0 Å². The molecule has 2 N–H and O–H groups in total. The van der Waals surface area contributed by atoms with E-state index in [2.05, 4.69) is 4.74 Å². The Morgan fingerprint density at radius 1 is 0.957 bits per heavy atom. The molecule has 7 heteroatoms.